The highest BCUT2D eigenvalue weighted by atomic mass is 79.9. The van der Waals surface area contributed by atoms with Gasteiger partial charge in [0.15, 0.2) is 5.96 Å². The molecule has 17 heavy (non-hydrogen) atoms. The van der Waals surface area contributed by atoms with E-state index in [1.165, 1.54) is 0 Å². The molecule has 1 rings (SSSR count). The molecule has 5 nitrogen and oxygen atoms in total. The Morgan fingerprint density at radius 2 is 1.82 bits per heavy atom. The van der Waals surface area contributed by atoms with Gasteiger partial charge in [0.05, 0.1) is 0 Å². The molecule has 0 aliphatic rings. The van der Waals surface area contributed by atoms with E-state index in [9.17, 15) is 0 Å². The Morgan fingerprint density at radius 3 is 2.41 bits per heavy atom. The molecule has 0 spiro atoms. The number of hydrogen-bond donors (Lipinski definition) is 3. The lowest BCUT2D eigenvalue weighted by atomic mass is 10.2. The smallest absolute Gasteiger partial charge is 0.218 e. The van der Waals surface area contributed by atoms with Gasteiger partial charge in [-0.05, 0) is 56.0 Å². The standard InChI is InChI=1S/C10H13Br2N5/c11-7-2-1-6(5-8(7)12)3-4-16-10(15)17-9(13)14/h1-2,5H,3-4H2,(H6,13,14,15,16,17). The van der Waals surface area contributed by atoms with Gasteiger partial charge >= 0.3 is 0 Å². The number of halogens is 2. The summed E-state index contributed by atoms with van der Waals surface area (Å²) in [5, 5.41) is 0. The van der Waals surface area contributed by atoms with Crippen molar-refractivity contribution in [2.75, 3.05) is 6.54 Å². The van der Waals surface area contributed by atoms with Gasteiger partial charge in [0.1, 0.15) is 0 Å². The highest BCUT2D eigenvalue weighted by molar-refractivity contribution is 9.13. The van der Waals surface area contributed by atoms with Gasteiger partial charge in [-0.15, -0.1) is 0 Å². The predicted molar refractivity (Wildman–Crippen MR) is 77.8 cm³/mol. The predicted octanol–water partition coefficient (Wildman–Crippen LogP) is 1.34. The zero-order chi connectivity index (χ0) is 12.8. The molecule has 6 N–H and O–H groups in total. The third-order valence-electron chi connectivity index (χ3n) is 1.90. The van der Waals surface area contributed by atoms with Crippen LogP contribution in [0.2, 0.25) is 0 Å². The minimum Gasteiger partial charge on any atom is -0.370 e. The Bertz CT molecular complexity index is 452. The van der Waals surface area contributed by atoms with Gasteiger partial charge in [0.25, 0.3) is 0 Å². The maximum absolute atomic E-state index is 5.48. The van der Waals surface area contributed by atoms with E-state index >= 15 is 0 Å². The second-order valence-corrected chi connectivity index (χ2v) is 4.98. The number of benzene rings is 1. The normalized spacial score (nSPS) is 11.3. The van der Waals surface area contributed by atoms with E-state index in [-0.39, 0.29) is 11.9 Å². The van der Waals surface area contributed by atoms with Gasteiger partial charge in [-0.1, -0.05) is 6.07 Å². The summed E-state index contributed by atoms with van der Waals surface area (Å²) in [5.74, 6) is 0.0128. The van der Waals surface area contributed by atoms with E-state index in [0.717, 1.165) is 20.9 Å². The highest BCUT2D eigenvalue weighted by Gasteiger charge is 1.98. The molecule has 0 fully saturated rings. The van der Waals surface area contributed by atoms with Gasteiger partial charge in [0, 0.05) is 15.5 Å². The van der Waals surface area contributed by atoms with Crippen molar-refractivity contribution in [3.63, 3.8) is 0 Å². The number of hydrogen-bond acceptors (Lipinski definition) is 1. The Balaban J connectivity index is 2.56. The maximum atomic E-state index is 5.48. The molecule has 0 radical (unpaired) electrons. The third-order valence-corrected chi connectivity index (χ3v) is 3.78. The van der Waals surface area contributed by atoms with Gasteiger partial charge in [-0.3, -0.25) is 4.99 Å². The summed E-state index contributed by atoms with van der Waals surface area (Å²) in [5.41, 5.74) is 17.0. The highest BCUT2D eigenvalue weighted by Crippen LogP contribution is 2.23. The van der Waals surface area contributed by atoms with E-state index in [0.29, 0.717) is 6.54 Å². The Labute approximate surface area is 116 Å². The summed E-state index contributed by atoms with van der Waals surface area (Å²) in [6.07, 6.45) is 0.770. The van der Waals surface area contributed by atoms with Crippen LogP contribution in [0.4, 0.5) is 0 Å². The van der Waals surface area contributed by atoms with Gasteiger partial charge in [-0.2, -0.15) is 4.99 Å². The Kier molecular flexibility index (Phi) is 5.43. The summed E-state index contributed by atoms with van der Waals surface area (Å²) in [6, 6.07) is 6.01. The van der Waals surface area contributed by atoms with Crippen molar-refractivity contribution in [3.05, 3.63) is 32.7 Å². The van der Waals surface area contributed by atoms with Crippen LogP contribution >= 0.6 is 31.9 Å². The fourth-order valence-electron chi connectivity index (χ4n) is 1.16. The molecule has 0 aliphatic carbocycles. The molecule has 7 heteroatoms. The first-order valence-corrected chi connectivity index (χ1v) is 6.41. The van der Waals surface area contributed by atoms with Gasteiger partial charge in [0.2, 0.25) is 5.96 Å². The van der Waals surface area contributed by atoms with Gasteiger partial charge < -0.3 is 17.2 Å². The monoisotopic (exact) mass is 361 g/mol. The fourth-order valence-corrected chi connectivity index (χ4v) is 1.84. The lowest BCUT2D eigenvalue weighted by Gasteiger charge is -2.01. The van der Waals surface area contributed by atoms with Crippen LogP contribution in [0.5, 0.6) is 0 Å². The number of nitrogens with zero attached hydrogens (tertiary/aromatic N) is 2. The zero-order valence-electron chi connectivity index (χ0n) is 9.03. The topological polar surface area (TPSA) is 103 Å². The quantitative estimate of drug-likeness (QED) is 0.558. The van der Waals surface area contributed by atoms with Crippen LogP contribution in [-0.4, -0.2) is 18.5 Å². The average Bonchev–Trinajstić information content (AvgIpc) is 2.22. The van der Waals surface area contributed by atoms with Crippen molar-refractivity contribution >= 4 is 43.8 Å². The van der Waals surface area contributed by atoms with Crippen molar-refractivity contribution in [1.82, 2.24) is 0 Å². The number of aliphatic imine (C=N–C) groups is 2. The lowest BCUT2D eigenvalue weighted by molar-refractivity contribution is 0.960. The molecule has 0 bridgehead atoms. The molecule has 0 atom stereocenters. The molecule has 0 aliphatic heterocycles. The van der Waals surface area contributed by atoms with Gasteiger partial charge in [-0.25, -0.2) is 0 Å². The molecular weight excluding hydrogens is 350 g/mol. The van der Waals surface area contributed by atoms with Crippen molar-refractivity contribution in [2.24, 2.45) is 27.2 Å². The summed E-state index contributed by atoms with van der Waals surface area (Å²) < 4.78 is 2.03. The second kappa shape index (κ2) is 6.61. The molecule has 92 valence electrons. The van der Waals surface area contributed by atoms with Crippen LogP contribution in [-0.2, 0) is 6.42 Å². The second-order valence-electron chi connectivity index (χ2n) is 3.28. The van der Waals surface area contributed by atoms with Crippen LogP contribution in [0.25, 0.3) is 0 Å². The molecular formula is C10H13Br2N5. The summed E-state index contributed by atoms with van der Waals surface area (Å²) in [6.45, 7) is 0.538. The molecule has 1 aromatic carbocycles. The molecule has 0 amide bonds. The van der Waals surface area contributed by atoms with Crippen LogP contribution in [0.3, 0.4) is 0 Å². The first-order chi connectivity index (χ1) is 7.99. The first kappa shape index (κ1) is 14.0. The fraction of sp³-hybridized carbons (Fsp3) is 0.200. The molecule has 0 unspecified atom stereocenters. The van der Waals surface area contributed by atoms with Crippen molar-refractivity contribution in [2.45, 2.75) is 6.42 Å². The van der Waals surface area contributed by atoms with E-state index in [4.69, 9.17) is 17.2 Å². The van der Waals surface area contributed by atoms with E-state index in [1.807, 2.05) is 18.2 Å². The summed E-state index contributed by atoms with van der Waals surface area (Å²) >= 11 is 6.85. The number of rotatable bonds is 3. The minimum atomic E-state index is -0.0855. The van der Waals surface area contributed by atoms with E-state index in [1.54, 1.807) is 0 Å². The zero-order valence-corrected chi connectivity index (χ0v) is 12.2. The maximum Gasteiger partial charge on any atom is 0.218 e. The van der Waals surface area contributed by atoms with Crippen molar-refractivity contribution in [3.8, 4) is 0 Å². The largest absolute Gasteiger partial charge is 0.370 e. The molecule has 0 heterocycles. The molecule has 0 saturated carbocycles. The Morgan fingerprint density at radius 1 is 1.12 bits per heavy atom. The lowest BCUT2D eigenvalue weighted by Crippen LogP contribution is -2.26. The first-order valence-electron chi connectivity index (χ1n) is 4.82. The summed E-state index contributed by atoms with van der Waals surface area (Å²) in [7, 11) is 0. The average molecular weight is 363 g/mol. The Hall–Kier alpha value is -1.08. The molecule has 1 aromatic rings. The third kappa shape index (κ3) is 5.18. The van der Waals surface area contributed by atoms with E-state index < -0.39 is 0 Å². The van der Waals surface area contributed by atoms with Crippen LogP contribution < -0.4 is 17.2 Å². The molecule has 0 aromatic heterocycles. The van der Waals surface area contributed by atoms with Crippen LogP contribution in [0, 0.1) is 0 Å². The van der Waals surface area contributed by atoms with Crippen molar-refractivity contribution in [1.29, 1.82) is 0 Å². The van der Waals surface area contributed by atoms with Crippen LogP contribution in [0.15, 0.2) is 37.1 Å². The van der Waals surface area contributed by atoms with Crippen LogP contribution in [0.1, 0.15) is 5.56 Å². The van der Waals surface area contributed by atoms with E-state index in [2.05, 4.69) is 41.8 Å². The number of guanidine groups is 2. The number of nitrogens with two attached hydrogens (primary N) is 3. The minimum absolute atomic E-state index is 0.0855. The SMILES string of the molecule is NC(N)=NC(N)=NCCc1ccc(Br)c(Br)c1. The van der Waals surface area contributed by atoms with Crippen molar-refractivity contribution < 1.29 is 0 Å². The summed E-state index contributed by atoms with van der Waals surface area (Å²) in [4.78, 5) is 7.66. The molecule has 0 saturated heterocycles.